The maximum absolute atomic E-state index is 12.9. The Labute approximate surface area is 81.7 Å². The maximum Gasteiger partial charge on any atom is -0.870 e. The molecule has 0 aromatic heterocycles. The fourth-order valence-corrected chi connectivity index (χ4v) is 0.809. The summed E-state index contributed by atoms with van der Waals surface area (Å²) < 4.78 is 17.2. The molecule has 6 heteroatoms. The minimum Gasteiger partial charge on any atom is -0.870 e. The van der Waals surface area contributed by atoms with E-state index in [1.807, 2.05) is 0 Å². The number of rotatable bonds is 1. The molecule has 0 aliphatic rings. The van der Waals surface area contributed by atoms with E-state index in [4.69, 9.17) is 7.85 Å². The molecular weight excluding hydrogens is 190 g/mol. The van der Waals surface area contributed by atoms with Crippen molar-refractivity contribution in [2.45, 2.75) is 0 Å². The molecular formula is C8H8BFO4. The quantitative estimate of drug-likeness (QED) is 0.471. The van der Waals surface area contributed by atoms with E-state index in [1.165, 1.54) is 19.2 Å². The van der Waals surface area contributed by atoms with Crippen molar-refractivity contribution in [1.29, 1.82) is 0 Å². The van der Waals surface area contributed by atoms with Crippen LogP contribution in [-0.4, -0.2) is 31.9 Å². The molecule has 0 heterocycles. The van der Waals surface area contributed by atoms with Crippen molar-refractivity contribution in [3.63, 3.8) is 0 Å². The molecule has 0 unspecified atom stereocenters. The molecule has 0 radical (unpaired) electrons. The minimum atomic E-state index is -0.722. The van der Waals surface area contributed by atoms with Crippen molar-refractivity contribution in [3.05, 3.63) is 29.6 Å². The van der Waals surface area contributed by atoms with E-state index in [9.17, 15) is 9.18 Å². The monoisotopic (exact) mass is 198 g/mol. The molecule has 0 bridgehead atoms. The van der Waals surface area contributed by atoms with Crippen LogP contribution in [0.5, 0.6) is 0 Å². The summed E-state index contributed by atoms with van der Waals surface area (Å²) in [4.78, 5) is 10.9. The van der Waals surface area contributed by atoms with E-state index in [-0.39, 0.29) is 16.5 Å². The average Bonchev–Trinajstić information content (AvgIpc) is 2.08. The van der Waals surface area contributed by atoms with Gasteiger partial charge in [0.15, 0.2) is 0 Å². The number of hydrogen-bond donors (Lipinski definition) is 0. The number of halogens is 1. The Balaban J connectivity index is 0. The summed E-state index contributed by atoms with van der Waals surface area (Å²) in [6, 6.07) is 3.74. The molecule has 74 valence electrons. The predicted molar refractivity (Wildman–Crippen MR) is 47.0 cm³/mol. The van der Waals surface area contributed by atoms with E-state index in [0.717, 1.165) is 6.07 Å². The summed E-state index contributed by atoms with van der Waals surface area (Å²) in [5, 5.41) is 0. The van der Waals surface area contributed by atoms with Crippen LogP contribution in [0.2, 0.25) is 0 Å². The third kappa shape index (κ3) is 3.16. The second kappa shape index (κ2) is 6.12. The molecule has 14 heavy (non-hydrogen) atoms. The van der Waals surface area contributed by atoms with Crippen molar-refractivity contribution in [2.24, 2.45) is 0 Å². The van der Waals surface area contributed by atoms with Gasteiger partial charge in [-0.3, -0.25) is 0 Å². The van der Waals surface area contributed by atoms with Crippen LogP contribution in [0.15, 0.2) is 18.2 Å². The van der Waals surface area contributed by atoms with Crippen LogP contribution in [0.25, 0.3) is 0 Å². The summed E-state index contributed by atoms with van der Waals surface area (Å²) in [6.45, 7) is 0. The van der Waals surface area contributed by atoms with Crippen LogP contribution in [0.3, 0.4) is 0 Å². The van der Waals surface area contributed by atoms with Gasteiger partial charge in [0.2, 0.25) is 0 Å². The third-order valence-electron chi connectivity index (χ3n) is 1.40. The molecule has 0 atom stereocenters. The van der Waals surface area contributed by atoms with Gasteiger partial charge in [0, 0.05) is 0 Å². The standard InChI is InChI=1S/C8H6BFO2.2H2O/c1-12-8(11)6-4-5(9)2-3-7(6)10;;/h2-4H,1H3;2*1H2/q+2;;/p-2. The Hall–Kier alpha value is -1.40. The summed E-state index contributed by atoms with van der Waals surface area (Å²) in [5.41, 5.74) is 0.189. The summed E-state index contributed by atoms with van der Waals surface area (Å²) in [7, 11) is 6.53. The second-order valence-electron chi connectivity index (χ2n) is 2.23. The van der Waals surface area contributed by atoms with E-state index < -0.39 is 11.8 Å². The first kappa shape index (κ1) is 15.1. The average molecular weight is 198 g/mol. The number of esters is 1. The van der Waals surface area contributed by atoms with Crippen LogP contribution < -0.4 is 5.46 Å². The van der Waals surface area contributed by atoms with Gasteiger partial charge in [0.25, 0.3) is 0 Å². The molecule has 0 amide bonds. The second-order valence-corrected chi connectivity index (χ2v) is 2.23. The number of hydrogen-bond acceptors (Lipinski definition) is 4. The topological polar surface area (TPSA) is 86.3 Å². The molecule has 2 N–H and O–H groups in total. The van der Waals surface area contributed by atoms with Crippen LogP contribution in [0.1, 0.15) is 10.4 Å². The minimum absolute atomic E-state index is 0. The van der Waals surface area contributed by atoms with Gasteiger partial charge in [-0.1, -0.05) is 0 Å². The van der Waals surface area contributed by atoms with Crippen LogP contribution in [-0.2, 0) is 4.74 Å². The molecule has 0 spiro atoms. The summed E-state index contributed by atoms with van der Waals surface area (Å²) in [6.07, 6.45) is 0. The molecule has 1 aromatic rings. The Bertz CT molecular complexity index is 316. The largest absolute Gasteiger partial charge is 0.870 e. The summed E-state index contributed by atoms with van der Waals surface area (Å²) in [5.74, 6) is -1.35. The van der Waals surface area contributed by atoms with Crippen LogP contribution in [0, 0.1) is 5.82 Å². The zero-order valence-electron chi connectivity index (χ0n) is 7.40. The number of ether oxygens (including phenoxy) is 1. The number of carbonyl (C=O) groups excluding carboxylic acids is 1. The first-order chi connectivity index (χ1) is 5.65. The van der Waals surface area contributed by atoms with Gasteiger partial charge in [0.1, 0.15) is 0 Å². The Morgan fingerprint density at radius 3 is 2.50 bits per heavy atom. The van der Waals surface area contributed by atoms with Gasteiger partial charge in [-0.25, -0.2) is 0 Å². The summed E-state index contributed by atoms with van der Waals surface area (Å²) >= 11 is 0. The van der Waals surface area contributed by atoms with Gasteiger partial charge < -0.3 is 11.0 Å². The third-order valence-corrected chi connectivity index (χ3v) is 1.40. The van der Waals surface area contributed by atoms with Crippen molar-refractivity contribution in [2.75, 3.05) is 7.11 Å². The zero-order valence-corrected chi connectivity index (χ0v) is 7.40. The van der Waals surface area contributed by atoms with Gasteiger partial charge in [-0.05, 0) is 0 Å². The van der Waals surface area contributed by atoms with Gasteiger partial charge in [-0.2, -0.15) is 0 Å². The first-order valence-electron chi connectivity index (χ1n) is 3.28. The number of carbonyl (C=O) groups is 1. The van der Waals surface area contributed by atoms with Gasteiger partial charge in [0.05, 0.1) is 0 Å². The van der Waals surface area contributed by atoms with E-state index in [2.05, 4.69) is 4.74 Å². The fourth-order valence-electron chi connectivity index (χ4n) is 0.809. The van der Waals surface area contributed by atoms with Crippen molar-refractivity contribution >= 4 is 19.3 Å². The number of methoxy groups -OCH3 is 1. The van der Waals surface area contributed by atoms with E-state index in [0.29, 0.717) is 5.46 Å². The molecule has 0 aliphatic carbocycles. The maximum atomic E-state index is 12.9. The fraction of sp³-hybridized carbons (Fsp3) is 0.125. The van der Waals surface area contributed by atoms with Crippen LogP contribution >= 0.6 is 0 Å². The van der Waals surface area contributed by atoms with Crippen molar-refractivity contribution < 1.29 is 24.9 Å². The molecule has 0 saturated heterocycles. The normalized spacial score (nSPS) is 8.29. The number of benzene rings is 1. The molecule has 1 aromatic carbocycles. The van der Waals surface area contributed by atoms with Crippen molar-refractivity contribution in [3.8, 4) is 0 Å². The SMILES string of the molecule is [B+2]c1ccc(F)c(C(=O)OC)c1.[OH-].[OH-]. The van der Waals surface area contributed by atoms with Gasteiger partial charge in [-0.15, -0.1) is 0 Å². The van der Waals surface area contributed by atoms with Crippen LogP contribution in [0.4, 0.5) is 4.39 Å². The smallest absolute Gasteiger partial charge is 0.870 e. The molecule has 4 nitrogen and oxygen atoms in total. The Morgan fingerprint density at radius 1 is 1.43 bits per heavy atom. The Morgan fingerprint density at radius 2 is 2.00 bits per heavy atom. The predicted octanol–water partition coefficient (Wildman–Crippen LogP) is 0.0525. The Kier molecular flexibility index (Phi) is 6.60. The zero-order chi connectivity index (χ0) is 9.14. The van der Waals surface area contributed by atoms with Crippen molar-refractivity contribution in [1.82, 2.24) is 0 Å². The first-order valence-corrected chi connectivity index (χ1v) is 3.28. The molecule has 1 rings (SSSR count). The molecule has 0 fully saturated rings. The molecule has 0 saturated carbocycles. The van der Waals surface area contributed by atoms with E-state index in [1.54, 1.807) is 0 Å². The van der Waals surface area contributed by atoms with Gasteiger partial charge >= 0.3 is 69.9 Å². The molecule has 0 aliphatic heterocycles. The van der Waals surface area contributed by atoms with E-state index >= 15 is 0 Å².